The molecule has 5 unspecified atom stereocenters. The standard InChI is InChI=1S/C22H24O8/c1-10(2)12-5-14-13(9-23)6-15(27-14)18-21(4,29-18)8-16-19-22(30-19,20(25)28-16)17(7-12)26-11(3)24/h6,9,12,16-19H,1,5,7-8H2,2-4H3/t12?,16?,17?,18?,19?,21-,22-/m1/s1. The highest BCUT2D eigenvalue weighted by Crippen LogP contribution is 2.59. The van der Waals surface area contributed by atoms with E-state index in [0.29, 0.717) is 36.3 Å². The first-order valence-electron chi connectivity index (χ1n) is 10.1. The molecule has 8 heteroatoms. The molecule has 0 amide bonds. The quantitative estimate of drug-likeness (QED) is 0.320. The van der Waals surface area contributed by atoms with Crippen LogP contribution in [0.5, 0.6) is 0 Å². The van der Waals surface area contributed by atoms with Crippen LogP contribution in [0.3, 0.4) is 0 Å². The maximum atomic E-state index is 12.8. The number of esters is 2. The van der Waals surface area contributed by atoms with Crippen LogP contribution >= 0.6 is 0 Å². The molecular weight excluding hydrogens is 392 g/mol. The Bertz CT molecular complexity index is 962. The van der Waals surface area contributed by atoms with E-state index in [9.17, 15) is 14.4 Å². The van der Waals surface area contributed by atoms with Crippen LogP contribution in [0.4, 0.5) is 0 Å². The van der Waals surface area contributed by atoms with E-state index in [1.807, 2.05) is 13.8 Å². The van der Waals surface area contributed by atoms with Gasteiger partial charge in [0.25, 0.3) is 0 Å². The van der Waals surface area contributed by atoms with E-state index in [0.717, 1.165) is 11.9 Å². The Balaban J connectivity index is 1.57. The van der Waals surface area contributed by atoms with Crippen molar-refractivity contribution in [3.8, 4) is 0 Å². The SMILES string of the molecule is C=C(C)C1Cc2oc(cc2C=O)C2O[C@]2(C)CC2OC(=O)[C@@]3(OC23)C(OC(C)=O)C1. The molecule has 1 aromatic rings. The number of carbonyl (C=O) groups is 3. The number of rotatable bonds is 3. The maximum Gasteiger partial charge on any atom is 0.345 e. The van der Waals surface area contributed by atoms with Crippen LogP contribution in [-0.4, -0.2) is 47.7 Å². The first-order valence-corrected chi connectivity index (χ1v) is 10.1. The average molecular weight is 416 g/mol. The highest BCUT2D eigenvalue weighted by molar-refractivity contribution is 5.88. The van der Waals surface area contributed by atoms with Crippen LogP contribution in [0, 0.1) is 5.92 Å². The average Bonchev–Trinajstić information content (AvgIpc) is 3.49. The van der Waals surface area contributed by atoms with E-state index in [4.69, 9.17) is 23.4 Å². The fourth-order valence-electron chi connectivity index (χ4n) is 4.98. The first-order chi connectivity index (χ1) is 14.2. The lowest BCUT2D eigenvalue weighted by Gasteiger charge is -2.26. The molecule has 0 radical (unpaired) electrons. The van der Waals surface area contributed by atoms with Gasteiger partial charge in [0, 0.05) is 19.8 Å². The monoisotopic (exact) mass is 416 g/mol. The molecule has 7 atom stereocenters. The van der Waals surface area contributed by atoms with Crippen molar-refractivity contribution >= 4 is 18.2 Å². The predicted octanol–water partition coefficient (Wildman–Crippen LogP) is 2.45. The molecule has 5 heterocycles. The van der Waals surface area contributed by atoms with Gasteiger partial charge in [-0.2, -0.15) is 0 Å². The van der Waals surface area contributed by atoms with Crippen LogP contribution in [0.2, 0.25) is 0 Å². The number of hydrogen-bond donors (Lipinski definition) is 0. The molecule has 3 fully saturated rings. The van der Waals surface area contributed by atoms with Crippen LogP contribution in [0.1, 0.15) is 61.6 Å². The Morgan fingerprint density at radius 3 is 2.73 bits per heavy atom. The summed E-state index contributed by atoms with van der Waals surface area (Å²) in [7, 11) is 0. The van der Waals surface area contributed by atoms with Gasteiger partial charge in [0.05, 0.1) is 5.56 Å². The van der Waals surface area contributed by atoms with Gasteiger partial charge < -0.3 is 23.4 Å². The number of epoxide rings is 2. The van der Waals surface area contributed by atoms with Crippen LogP contribution in [0.15, 0.2) is 22.6 Å². The van der Waals surface area contributed by atoms with E-state index in [2.05, 4.69) is 6.58 Å². The van der Waals surface area contributed by atoms with Crippen LogP contribution in [-0.2, 0) is 35.0 Å². The maximum absolute atomic E-state index is 12.8. The number of carbonyl (C=O) groups excluding carboxylic acids is 3. The Hall–Kier alpha value is -2.45. The van der Waals surface area contributed by atoms with Gasteiger partial charge in [0.2, 0.25) is 5.60 Å². The van der Waals surface area contributed by atoms with Gasteiger partial charge in [-0.05, 0) is 32.3 Å². The summed E-state index contributed by atoms with van der Waals surface area (Å²) in [6.45, 7) is 9.13. The largest absolute Gasteiger partial charge is 0.462 e. The van der Waals surface area contributed by atoms with E-state index in [-0.39, 0.29) is 12.0 Å². The molecule has 160 valence electrons. The Kier molecular flexibility index (Phi) is 4.08. The second-order valence-corrected chi connectivity index (χ2v) is 9.02. The van der Waals surface area contributed by atoms with Crippen molar-refractivity contribution in [3.05, 3.63) is 35.3 Å². The molecule has 0 N–H and O–H groups in total. The molecular formula is C22H24O8. The second kappa shape index (κ2) is 6.28. The van der Waals surface area contributed by atoms with E-state index >= 15 is 0 Å². The number of allylic oxidation sites excluding steroid dienone is 1. The molecule has 1 aromatic heterocycles. The number of fused-ring (bicyclic) bond motifs is 4. The summed E-state index contributed by atoms with van der Waals surface area (Å²) in [6.07, 6.45) is -0.277. The van der Waals surface area contributed by atoms with Gasteiger partial charge in [-0.3, -0.25) is 9.59 Å². The zero-order valence-corrected chi connectivity index (χ0v) is 17.1. The van der Waals surface area contributed by atoms with Gasteiger partial charge in [0.15, 0.2) is 6.29 Å². The second-order valence-electron chi connectivity index (χ2n) is 9.02. The molecule has 0 aromatic carbocycles. The highest BCUT2D eigenvalue weighted by atomic mass is 16.7. The van der Waals surface area contributed by atoms with Crippen molar-refractivity contribution in [2.75, 3.05) is 0 Å². The summed E-state index contributed by atoms with van der Waals surface area (Å²) in [5.41, 5.74) is -0.606. The van der Waals surface area contributed by atoms with Gasteiger partial charge in [-0.15, -0.1) is 0 Å². The molecule has 4 aliphatic rings. The lowest BCUT2D eigenvalue weighted by molar-refractivity contribution is -0.165. The Labute approximate surface area is 173 Å². The highest BCUT2D eigenvalue weighted by Gasteiger charge is 2.79. The van der Waals surface area contributed by atoms with E-state index in [1.54, 1.807) is 6.07 Å². The van der Waals surface area contributed by atoms with Gasteiger partial charge in [-0.1, -0.05) is 12.2 Å². The van der Waals surface area contributed by atoms with E-state index < -0.39 is 41.5 Å². The fraction of sp³-hybridized carbons (Fsp3) is 0.591. The van der Waals surface area contributed by atoms with Crippen molar-refractivity contribution < 1.29 is 37.7 Å². The molecule has 5 rings (SSSR count). The summed E-state index contributed by atoms with van der Waals surface area (Å²) in [5, 5.41) is 0. The molecule has 30 heavy (non-hydrogen) atoms. The van der Waals surface area contributed by atoms with Gasteiger partial charge in [0.1, 0.15) is 41.5 Å². The Morgan fingerprint density at radius 1 is 1.33 bits per heavy atom. The lowest BCUT2D eigenvalue weighted by atomic mass is 9.83. The number of hydrogen-bond acceptors (Lipinski definition) is 8. The normalized spacial score (nSPS) is 41.2. The molecule has 0 spiro atoms. The third kappa shape index (κ3) is 2.77. The van der Waals surface area contributed by atoms with Crippen LogP contribution < -0.4 is 0 Å². The molecule has 0 aliphatic carbocycles. The lowest BCUT2D eigenvalue weighted by Crippen LogP contribution is -2.42. The Morgan fingerprint density at radius 2 is 2.10 bits per heavy atom. The van der Waals surface area contributed by atoms with Crippen molar-refractivity contribution in [2.24, 2.45) is 5.92 Å². The van der Waals surface area contributed by atoms with Crippen molar-refractivity contribution in [3.63, 3.8) is 0 Å². The third-order valence-electron chi connectivity index (χ3n) is 6.75. The van der Waals surface area contributed by atoms with Crippen LogP contribution in [0.25, 0.3) is 0 Å². The molecule has 4 aliphatic heterocycles. The summed E-state index contributed by atoms with van der Waals surface area (Å²) < 4.78 is 29.0. The third-order valence-corrected chi connectivity index (χ3v) is 6.75. The summed E-state index contributed by atoms with van der Waals surface area (Å²) in [5.74, 6) is -0.0990. The molecule has 4 bridgehead atoms. The smallest absolute Gasteiger partial charge is 0.345 e. The van der Waals surface area contributed by atoms with Gasteiger partial charge in [-0.25, -0.2) is 4.79 Å². The summed E-state index contributed by atoms with van der Waals surface area (Å²) in [4.78, 5) is 36.3. The molecule has 8 nitrogen and oxygen atoms in total. The molecule has 0 saturated carbocycles. The van der Waals surface area contributed by atoms with E-state index in [1.165, 1.54) is 6.92 Å². The zero-order valence-electron chi connectivity index (χ0n) is 17.1. The minimum absolute atomic E-state index is 0.203. The van der Waals surface area contributed by atoms with Crippen molar-refractivity contribution in [1.29, 1.82) is 0 Å². The number of furan rings is 1. The zero-order chi connectivity index (χ0) is 21.4. The number of aldehydes is 1. The summed E-state index contributed by atoms with van der Waals surface area (Å²) >= 11 is 0. The van der Waals surface area contributed by atoms with Crippen molar-refractivity contribution in [1.82, 2.24) is 0 Å². The predicted molar refractivity (Wildman–Crippen MR) is 101 cm³/mol. The van der Waals surface area contributed by atoms with Gasteiger partial charge >= 0.3 is 11.9 Å². The number of ether oxygens (including phenoxy) is 4. The van der Waals surface area contributed by atoms with Crippen molar-refractivity contribution in [2.45, 2.75) is 75.7 Å². The minimum atomic E-state index is -1.29. The topological polar surface area (TPSA) is 108 Å². The minimum Gasteiger partial charge on any atom is -0.462 e. The first kappa shape index (κ1) is 19.5. The molecule has 3 saturated heterocycles. The summed E-state index contributed by atoms with van der Waals surface area (Å²) in [6, 6.07) is 1.71. The fourth-order valence-corrected chi connectivity index (χ4v) is 4.98.